The van der Waals surface area contributed by atoms with Crippen LogP contribution in [0.5, 0.6) is 0 Å². The molecule has 1 rings (SSSR count). The zero-order chi connectivity index (χ0) is 8.27. The maximum Gasteiger partial charge on any atom is 0.0868 e. The first-order chi connectivity index (χ1) is 5.24. The van der Waals surface area contributed by atoms with Gasteiger partial charge >= 0.3 is 0 Å². The second kappa shape index (κ2) is 3.54. The first kappa shape index (κ1) is 8.29. The van der Waals surface area contributed by atoms with Gasteiger partial charge in [0.2, 0.25) is 0 Å². The summed E-state index contributed by atoms with van der Waals surface area (Å²) in [5, 5.41) is 8.46. The average molecular weight is 150 g/mol. The summed E-state index contributed by atoms with van der Waals surface area (Å²) in [6, 6.07) is 2.18. The van der Waals surface area contributed by atoms with E-state index in [0.29, 0.717) is 6.54 Å². The van der Waals surface area contributed by atoms with Crippen LogP contribution in [-0.2, 0) is 0 Å². The van der Waals surface area contributed by atoms with Crippen molar-refractivity contribution in [2.24, 2.45) is 0 Å². The standard InChI is InChI=1S/C9H14N2/c1-8-3-5-11(6-4-10)7-9(8)2/h3,5-7H2,1-2H3. The highest BCUT2D eigenvalue weighted by atomic mass is 15.1. The Hall–Kier alpha value is -0.810. The van der Waals surface area contributed by atoms with Crippen molar-refractivity contribution in [3.05, 3.63) is 11.1 Å². The van der Waals surface area contributed by atoms with Crippen molar-refractivity contribution in [2.45, 2.75) is 20.3 Å². The van der Waals surface area contributed by atoms with Crippen molar-refractivity contribution in [1.82, 2.24) is 4.90 Å². The molecule has 0 fully saturated rings. The van der Waals surface area contributed by atoms with Gasteiger partial charge in [0.1, 0.15) is 0 Å². The van der Waals surface area contributed by atoms with Crippen LogP contribution in [0.25, 0.3) is 0 Å². The molecular formula is C9H14N2. The van der Waals surface area contributed by atoms with E-state index in [1.165, 1.54) is 11.1 Å². The summed E-state index contributed by atoms with van der Waals surface area (Å²) in [5.74, 6) is 0. The van der Waals surface area contributed by atoms with Crippen molar-refractivity contribution in [3.8, 4) is 6.07 Å². The number of nitriles is 1. The van der Waals surface area contributed by atoms with Gasteiger partial charge in [0, 0.05) is 13.1 Å². The highest BCUT2D eigenvalue weighted by Gasteiger charge is 2.12. The van der Waals surface area contributed by atoms with Crippen LogP contribution in [0.1, 0.15) is 20.3 Å². The van der Waals surface area contributed by atoms with Crippen LogP contribution in [0, 0.1) is 11.3 Å². The lowest BCUT2D eigenvalue weighted by atomic mass is 10.0. The molecule has 0 aliphatic carbocycles. The van der Waals surface area contributed by atoms with E-state index in [1.54, 1.807) is 0 Å². The first-order valence-electron chi connectivity index (χ1n) is 3.98. The fraction of sp³-hybridized carbons (Fsp3) is 0.667. The lowest BCUT2D eigenvalue weighted by molar-refractivity contribution is 0.318. The molecule has 0 unspecified atom stereocenters. The zero-order valence-electron chi connectivity index (χ0n) is 7.22. The molecule has 2 nitrogen and oxygen atoms in total. The number of nitrogens with zero attached hydrogens (tertiary/aromatic N) is 2. The van der Waals surface area contributed by atoms with E-state index in [4.69, 9.17) is 5.26 Å². The quantitative estimate of drug-likeness (QED) is 0.419. The van der Waals surface area contributed by atoms with Crippen molar-refractivity contribution in [3.63, 3.8) is 0 Å². The van der Waals surface area contributed by atoms with E-state index in [2.05, 4.69) is 24.8 Å². The van der Waals surface area contributed by atoms with Gasteiger partial charge < -0.3 is 0 Å². The van der Waals surface area contributed by atoms with Crippen LogP contribution < -0.4 is 0 Å². The molecule has 2 heteroatoms. The van der Waals surface area contributed by atoms with Crippen LogP contribution in [-0.4, -0.2) is 24.5 Å². The molecule has 0 spiro atoms. The van der Waals surface area contributed by atoms with Gasteiger partial charge in [-0.1, -0.05) is 11.1 Å². The van der Waals surface area contributed by atoms with Gasteiger partial charge in [-0.05, 0) is 20.3 Å². The topological polar surface area (TPSA) is 27.0 Å². The number of hydrogen-bond acceptors (Lipinski definition) is 2. The third kappa shape index (κ3) is 2.06. The summed E-state index contributed by atoms with van der Waals surface area (Å²) in [6.45, 7) is 6.94. The molecule has 0 radical (unpaired) electrons. The summed E-state index contributed by atoms with van der Waals surface area (Å²) in [6.07, 6.45) is 1.13. The van der Waals surface area contributed by atoms with Gasteiger partial charge in [0.15, 0.2) is 0 Å². The molecular weight excluding hydrogens is 136 g/mol. The predicted octanol–water partition coefficient (Wildman–Crippen LogP) is 1.55. The fourth-order valence-electron chi connectivity index (χ4n) is 1.32. The second-order valence-electron chi connectivity index (χ2n) is 3.18. The zero-order valence-corrected chi connectivity index (χ0v) is 7.22. The van der Waals surface area contributed by atoms with Crippen molar-refractivity contribution >= 4 is 0 Å². The van der Waals surface area contributed by atoms with Crippen LogP contribution in [0.4, 0.5) is 0 Å². The number of rotatable bonds is 1. The van der Waals surface area contributed by atoms with E-state index in [9.17, 15) is 0 Å². The molecule has 0 aromatic heterocycles. The molecule has 0 atom stereocenters. The van der Waals surface area contributed by atoms with Gasteiger partial charge in [0.05, 0.1) is 12.6 Å². The molecule has 0 aromatic carbocycles. The lowest BCUT2D eigenvalue weighted by Crippen LogP contribution is -2.30. The molecule has 1 aliphatic heterocycles. The van der Waals surface area contributed by atoms with Gasteiger partial charge in [-0.15, -0.1) is 0 Å². The summed E-state index contributed by atoms with van der Waals surface area (Å²) in [5.41, 5.74) is 2.94. The largest absolute Gasteiger partial charge is 0.286 e. The molecule has 1 heterocycles. The molecule has 0 amide bonds. The molecule has 0 aromatic rings. The van der Waals surface area contributed by atoms with Crippen molar-refractivity contribution in [1.29, 1.82) is 5.26 Å². The maximum absolute atomic E-state index is 8.46. The van der Waals surface area contributed by atoms with E-state index >= 15 is 0 Å². The monoisotopic (exact) mass is 150 g/mol. The van der Waals surface area contributed by atoms with Crippen molar-refractivity contribution < 1.29 is 0 Å². The first-order valence-corrected chi connectivity index (χ1v) is 3.98. The Morgan fingerprint density at radius 2 is 2.18 bits per heavy atom. The molecule has 0 saturated carbocycles. The van der Waals surface area contributed by atoms with Crippen LogP contribution in [0.2, 0.25) is 0 Å². The van der Waals surface area contributed by atoms with E-state index < -0.39 is 0 Å². The van der Waals surface area contributed by atoms with Gasteiger partial charge in [0.25, 0.3) is 0 Å². The Morgan fingerprint density at radius 1 is 1.45 bits per heavy atom. The number of hydrogen-bond donors (Lipinski definition) is 0. The smallest absolute Gasteiger partial charge is 0.0868 e. The van der Waals surface area contributed by atoms with E-state index in [-0.39, 0.29) is 0 Å². The summed E-state index contributed by atoms with van der Waals surface area (Å²) in [7, 11) is 0. The predicted molar refractivity (Wildman–Crippen MR) is 45.0 cm³/mol. The Bertz CT molecular complexity index is 210. The van der Waals surface area contributed by atoms with Gasteiger partial charge in [-0.25, -0.2) is 0 Å². The normalized spacial score (nSPS) is 20.1. The van der Waals surface area contributed by atoms with Crippen molar-refractivity contribution in [2.75, 3.05) is 19.6 Å². The minimum absolute atomic E-state index is 0.574. The Balaban J connectivity index is 2.52. The van der Waals surface area contributed by atoms with Gasteiger partial charge in [-0.3, -0.25) is 4.90 Å². The molecule has 60 valence electrons. The highest BCUT2D eigenvalue weighted by molar-refractivity contribution is 5.15. The fourth-order valence-corrected chi connectivity index (χ4v) is 1.32. The van der Waals surface area contributed by atoms with Gasteiger partial charge in [-0.2, -0.15) is 5.26 Å². The molecule has 11 heavy (non-hydrogen) atoms. The van der Waals surface area contributed by atoms with E-state index in [1.807, 2.05) is 0 Å². The highest BCUT2D eigenvalue weighted by Crippen LogP contribution is 2.15. The second-order valence-corrected chi connectivity index (χ2v) is 3.18. The van der Waals surface area contributed by atoms with Crippen LogP contribution in [0.3, 0.4) is 0 Å². The summed E-state index contributed by atoms with van der Waals surface area (Å²) in [4.78, 5) is 2.18. The Kier molecular flexibility index (Phi) is 2.67. The SMILES string of the molecule is CC1=C(C)CN(CC#N)CC1. The Morgan fingerprint density at radius 3 is 2.73 bits per heavy atom. The molecule has 0 bridgehead atoms. The summed E-state index contributed by atoms with van der Waals surface area (Å²) >= 11 is 0. The van der Waals surface area contributed by atoms with Crippen LogP contribution >= 0.6 is 0 Å². The molecule has 1 aliphatic rings. The summed E-state index contributed by atoms with van der Waals surface area (Å²) < 4.78 is 0. The minimum atomic E-state index is 0.574. The Labute approximate surface area is 68.1 Å². The van der Waals surface area contributed by atoms with E-state index in [0.717, 1.165) is 19.5 Å². The average Bonchev–Trinajstić information content (AvgIpc) is 1.98. The molecule has 0 saturated heterocycles. The third-order valence-electron chi connectivity index (χ3n) is 2.29. The third-order valence-corrected chi connectivity index (χ3v) is 2.29. The van der Waals surface area contributed by atoms with Crippen LogP contribution in [0.15, 0.2) is 11.1 Å². The molecule has 0 N–H and O–H groups in total. The lowest BCUT2D eigenvalue weighted by Gasteiger charge is -2.25. The minimum Gasteiger partial charge on any atom is -0.286 e. The maximum atomic E-state index is 8.46.